The molecule has 1 unspecified atom stereocenters. The first-order valence-electron chi connectivity index (χ1n) is 9.33. The Morgan fingerprint density at radius 1 is 1.00 bits per heavy atom. The number of benzene rings is 3. The van der Waals surface area contributed by atoms with Crippen LogP contribution in [0, 0.1) is 12.3 Å². The van der Waals surface area contributed by atoms with E-state index in [0.717, 1.165) is 29.2 Å². The summed E-state index contributed by atoms with van der Waals surface area (Å²) >= 11 is 0. The average molecular weight is 371 g/mol. The topological polar surface area (TPSA) is 30.5 Å². The first kappa shape index (κ1) is 19.5. The predicted octanol–water partition coefficient (Wildman–Crippen LogP) is 5.23. The van der Waals surface area contributed by atoms with Crippen molar-refractivity contribution in [2.45, 2.75) is 19.5 Å². The monoisotopic (exact) mass is 371 g/mol. The molecule has 3 nitrogen and oxygen atoms in total. The van der Waals surface area contributed by atoms with Gasteiger partial charge in [0, 0.05) is 18.2 Å². The van der Waals surface area contributed by atoms with E-state index in [-0.39, 0.29) is 12.6 Å². The maximum atomic E-state index is 5.76. The van der Waals surface area contributed by atoms with Crippen molar-refractivity contribution in [3.63, 3.8) is 0 Å². The molecule has 0 fully saturated rings. The zero-order valence-corrected chi connectivity index (χ0v) is 16.3. The summed E-state index contributed by atoms with van der Waals surface area (Å²) in [6.07, 6.45) is 5.37. The van der Waals surface area contributed by atoms with Gasteiger partial charge in [-0.15, -0.1) is 6.42 Å². The van der Waals surface area contributed by atoms with E-state index in [1.165, 1.54) is 11.1 Å². The molecule has 3 heteroatoms. The van der Waals surface area contributed by atoms with E-state index < -0.39 is 0 Å². The molecule has 0 amide bonds. The Balaban J connectivity index is 1.81. The molecule has 0 bridgehead atoms. The average Bonchev–Trinajstić information content (AvgIpc) is 2.77. The highest BCUT2D eigenvalue weighted by atomic mass is 16.5. The number of hydrogen-bond donors (Lipinski definition) is 1. The lowest BCUT2D eigenvalue weighted by molar-refractivity contribution is 0.371. The van der Waals surface area contributed by atoms with Gasteiger partial charge in [0.1, 0.15) is 18.1 Å². The zero-order valence-electron chi connectivity index (χ0n) is 16.3. The zero-order chi connectivity index (χ0) is 19.8. The van der Waals surface area contributed by atoms with Crippen molar-refractivity contribution in [1.82, 2.24) is 5.32 Å². The lowest BCUT2D eigenvalue weighted by atomic mass is 10.0. The highest BCUT2D eigenvalue weighted by Crippen LogP contribution is 2.32. The second-order valence-corrected chi connectivity index (χ2v) is 6.57. The van der Waals surface area contributed by atoms with Gasteiger partial charge in [-0.05, 0) is 47.9 Å². The molecule has 0 aliphatic rings. The van der Waals surface area contributed by atoms with Crippen LogP contribution in [0.5, 0.6) is 11.5 Å². The van der Waals surface area contributed by atoms with Gasteiger partial charge in [-0.25, -0.2) is 0 Å². The lowest BCUT2D eigenvalue weighted by Gasteiger charge is -2.16. The molecule has 0 spiro atoms. The first-order valence-corrected chi connectivity index (χ1v) is 9.33. The Labute approximate surface area is 167 Å². The van der Waals surface area contributed by atoms with Crippen molar-refractivity contribution in [2.24, 2.45) is 0 Å². The summed E-state index contributed by atoms with van der Waals surface area (Å²) < 4.78 is 11.0. The molecule has 0 aliphatic carbocycles. The van der Waals surface area contributed by atoms with Gasteiger partial charge in [-0.2, -0.15) is 0 Å². The van der Waals surface area contributed by atoms with Crippen LogP contribution in [0.1, 0.15) is 24.1 Å². The highest BCUT2D eigenvalue weighted by molar-refractivity contribution is 5.71. The maximum absolute atomic E-state index is 5.76. The third-order valence-electron chi connectivity index (χ3n) is 4.67. The summed E-state index contributed by atoms with van der Waals surface area (Å²) in [5.74, 6) is 4.14. The number of nitrogens with one attached hydrogen (secondary N) is 1. The third kappa shape index (κ3) is 4.94. The number of hydrogen-bond acceptors (Lipinski definition) is 3. The van der Waals surface area contributed by atoms with Crippen molar-refractivity contribution in [1.29, 1.82) is 0 Å². The van der Waals surface area contributed by atoms with Crippen molar-refractivity contribution in [3.8, 4) is 35.0 Å². The smallest absolute Gasteiger partial charge is 0.148 e. The normalized spacial score (nSPS) is 11.5. The molecule has 0 radical (unpaired) electrons. The van der Waals surface area contributed by atoms with E-state index in [4.69, 9.17) is 15.9 Å². The second-order valence-electron chi connectivity index (χ2n) is 6.57. The van der Waals surface area contributed by atoms with Gasteiger partial charge in [0.2, 0.25) is 0 Å². The molecule has 0 heterocycles. The molecule has 3 rings (SSSR count). The van der Waals surface area contributed by atoms with Gasteiger partial charge in [-0.3, -0.25) is 0 Å². The van der Waals surface area contributed by atoms with Gasteiger partial charge in [-0.1, -0.05) is 54.5 Å². The summed E-state index contributed by atoms with van der Waals surface area (Å²) in [5.41, 5.74) is 4.53. The highest BCUT2D eigenvalue weighted by Gasteiger charge is 2.10. The molecular formula is C25H25NO2. The summed E-state index contributed by atoms with van der Waals surface area (Å²) in [6.45, 7) is 3.17. The largest absolute Gasteiger partial charge is 0.497 e. The number of methoxy groups -OCH3 is 1. The first-order chi connectivity index (χ1) is 13.7. The minimum atomic E-state index is 0.242. The second kappa shape index (κ2) is 9.64. The minimum Gasteiger partial charge on any atom is -0.497 e. The Morgan fingerprint density at radius 3 is 2.43 bits per heavy atom. The van der Waals surface area contributed by atoms with Crippen LogP contribution >= 0.6 is 0 Å². The van der Waals surface area contributed by atoms with E-state index >= 15 is 0 Å². The van der Waals surface area contributed by atoms with Gasteiger partial charge in [0.05, 0.1) is 7.11 Å². The molecule has 3 aromatic carbocycles. The summed E-state index contributed by atoms with van der Waals surface area (Å²) in [7, 11) is 1.66. The van der Waals surface area contributed by atoms with Crippen LogP contribution < -0.4 is 14.8 Å². The quantitative estimate of drug-likeness (QED) is 0.550. The molecule has 1 atom stereocenters. The van der Waals surface area contributed by atoms with Crippen molar-refractivity contribution < 1.29 is 9.47 Å². The van der Waals surface area contributed by atoms with Crippen molar-refractivity contribution in [3.05, 3.63) is 83.9 Å². The van der Waals surface area contributed by atoms with Crippen molar-refractivity contribution in [2.75, 3.05) is 13.7 Å². The molecular weight excluding hydrogens is 346 g/mol. The third-order valence-corrected chi connectivity index (χ3v) is 4.67. The fourth-order valence-corrected chi connectivity index (χ4v) is 3.06. The van der Waals surface area contributed by atoms with Crippen LogP contribution in [0.25, 0.3) is 11.1 Å². The van der Waals surface area contributed by atoms with Crippen LogP contribution in [-0.2, 0) is 6.54 Å². The van der Waals surface area contributed by atoms with Crippen LogP contribution in [0.2, 0.25) is 0 Å². The molecule has 3 aromatic rings. The van der Waals surface area contributed by atoms with E-state index in [0.29, 0.717) is 0 Å². The number of terminal acetylenes is 1. The molecule has 28 heavy (non-hydrogen) atoms. The SMILES string of the molecule is C#CCOc1ccc(CNC(C)c2ccccc2)cc1-c1ccc(OC)cc1. The lowest BCUT2D eigenvalue weighted by Crippen LogP contribution is -2.18. The van der Waals surface area contributed by atoms with E-state index in [2.05, 4.69) is 54.6 Å². The Hall–Kier alpha value is -3.22. The Morgan fingerprint density at radius 2 is 1.75 bits per heavy atom. The number of rotatable bonds is 8. The van der Waals surface area contributed by atoms with Gasteiger partial charge < -0.3 is 14.8 Å². The molecule has 0 aromatic heterocycles. The fourth-order valence-electron chi connectivity index (χ4n) is 3.06. The molecule has 142 valence electrons. The molecule has 0 saturated heterocycles. The van der Waals surface area contributed by atoms with Crippen LogP contribution in [-0.4, -0.2) is 13.7 Å². The predicted molar refractivity (Wildman–Crippen MR) is 114 cm³/mol. The maximum Gasteiger partial charge on any atom is 0.148 e. The van der Waals surface area contributed by atoms with Gasteiger partial charge >= 0.3 is 0 Å². The fraction of sp³-hybridized carbons (Fsp3) is 0.200. The van der Waals surface area contributed by atoms with E-state index in [9.17, 15) is 0 Å². The Bertz CT molecular complexity index is 927. The summed E-state index contributed by atoms with van der Waals surface area (Å²) in [6, 6.07) is 24.9. The summed E-state index contributed by atoms with van der Waals surface area (Å²) in [4.78, 5) is 0. The van der Waals surface area contributed by atoms with E-state index in [1.54, 1.807) is 7.11 Å². The standard InChI is InChI=1S/C25H25NO2/c1-4-16-28-25-15-10-20(18-26-19(2)21-8-6-5-7-9-21)17-24(25)22-11-13-23(27-3)14-12-22/h1,5-15,17,19,26H,16,18H2,2-3H3. The molecule has 0 aliphatic heterocycles. The Kier molecular flexibility index (Phi) is 6.73. The molecule has 1 N–H and O–H groups in total. The van der Waals surface area contributed by atoms with Crippen LogP contribution in [0.4, 0.5) is 0 Å². The van der Waals surface area contributed by atoms with Gasteiger partial charge in [0.25, 0.3) is 0 Å². The van der Waals surface area contributed by atoms with Crippen molar-refractivity contribution >= 4 is 0 Å². The van der Waals surface area contributed by atoms with Crippen LogP contribution in [0.3, 0.4) is 0 Å². The van der Waals surface area contributed by atoms with Crippen LogP contribution in [0.15, 0.2) is 72.8 Å². The minimum absolute atomic E-state index is 0.242. The molecule has 0 saturated carbocycles. The van der Waals surface area contributed by atoms with E-state index in [1.807, 2.05) is 36.4 Å². The summed E-state index contributed by atoms with van der Waals surface area (Å²) in [5, 5.41) is 3.58. The van der Waals surface area contributed by atoms with Gasteiger partial charge in [0.15, 0.2) is 0 Å². The number of ether oxygens (including phenoxy) is 2.